The second-order valence-electron chi connectivity index (χ2n) is 7.15. The summed E-state index contributed by atoms with van der Waals surface area (Å²) in [5.74, 6) is -0.684. The van der Waals surface area contributed by atoms with Crippen LogP contribution in [0.5, 0.6) is 5.75 Å². The zero-order valence-electron chi connectivity index (χ0n) is 14.8. The molecule has 3 unspecified atom stereocenters. The van der Waals surface area contributed by atoms with E-state index < -0.39 is 28.4 Å². The van der Waals surface area contributed by atoms with E-state index in [-0.39, 0.29) is 29.5 Å². The first-order valence-electron chi connectivity index (χ1n) is 8.94. The van der Waals surface area contributed by atoms with Gasteiger partial charge in [-0.25, -0.2) is 4.79 Å². The van der Waals surface area contributed by atoms with E-state index in [1.807, 2.05) is 0 Å². The summed E-state index contributed by atoms with van der Waals surface area (Å²) in [6, 6.07) is 4.42. The van der Waals surface area contributed by atoms with Crippen molar-refractivity contribution in [2.45, 2.75) is 32.0 Å². The second kappa shape index (κ2) is 8.02. The Labute approximate surface area is 159 Å². The number of carbonyl (C=O) groups is 2. The molecular formula is C18H21BO7S. The number of fused-ring (bicyclic) bond motifs is 2. The van der Waals surface area contributed by atoms with Crippen LogP contribution in [-0.4, -0.2) is 45.1 Å². The summed E-state index contributed by atoms with van der Waals surface area (Å²) in [6.07, 6.45) is 4.28. The number of hydrogen-bond acceptors (Lipinski definition) is 6. The SMILES string of the molecule is [B]Cc1ccc(C(=O)OCCS(=O)(=O)O)cc1OC(=O)C1CC2CCC1C2. The lowest BCUT2D eigenvalue weighted by molar-refractivity contribution is -0.140. The molecule has 2 aliphatic rings. The van der Waals surface area contributed by atoms with Crippen LogP contribution in [-0.2, 0) is 26.0 Å². The molecular weight excluding hydrogens is 371 g/mol. The summed E-state index contributed by atoms with van der Waals surface area (Å²) in [5, 5.41) is 0. The zero-order chi connectivity index (χ0) is 19.6. The van der Waals surface area contributed by atoms with Crippen molar-refractivity contribution in [3.8, 4) is 5.75 Å². The van der Waals surface area contributed by atoms with Gasteiger partial charge in [0.05, 0.1) is 19.3 Å². The van der Waals surface area contributed by atoms with Gasteiger partial charge in [0, 0.05) is 0 Å². The molecule has 27 heavy (non-hydrogen) atoms. The first kappa shape index (κ1) is 19.9. The molecule has 1 aromatic rings. The summed E-state index contributed by atoms with van der Waals surface area (Å²) < 4.78 is 40.4. The van der Waals surface area contributed by atoms with Crippen molar-refractivity contribution in [3.63, 3.8) is 0 Å². The van der Waals surface area contributed by atoms with Crippen molar-refractivity contribution in [1.82, 2.24) is 0 Å². The van der Waals surface area contributed by atoms with Crippen LogP contribution in [0, 0.1) is 17.8 Å². The molecule has 2 fully saturated rings. The fourth-order valence-electron chi connectivity index (χ4n) is 3.99. The lowest BCUT2D eigenvalue weighted by Gasteiger charge is -2.20. The lowest BCUT2D eigenvalue weighted by atomic mass is 9.89. The van der Waals surface area contributed by atoms with Crippen LogP contribution in [0.2, 0.25) is 0 Å². The molecule has 0 aromatic heterocycles. The molecule has 2 radical (unpaired) electrons. The zero-order valence-corrected chi connectivity index (χ0v) is 15.6. The molecule has 2 saturated carbocycles. The highest BCUT2D eigenvalue weighted by atomic mass is 32.2. The van der Waals surface area contributed by atoms with Crippen LogP contribution >= 0.6 is 0 Å². The number of esters is 2. The van der Waals surface area contributed by atoms with Crippen molar-refractivity contribution in [3.05, 3.63) is 29.3 Å². The van der Waals surface area contributed by atoms with Crippen molar-refractivity contribution in [2.75, 3.05) is 12.4 Å². The third-order valence-electron chi connectivity index (χ3n) is 5.35. The molecule has 0 aliphatic heterocycles. The molecule has 1 N–H and O–H groups in total. The Balaban J connectivity index is 1.68. The van der Waals surface area contributed by atoms with Crippen molar-refractivity contribution < 1.29 is 32.0 Å². The van der Waals surface area contributed by atoms with Crippen LogP contribution < -0.4 is 4.74 Å². The maximum Gasteiger partial charge on any atom is 0.338 e. The molecule has 0 spiro atoms. The lowest BCUT2D eigenvalue weighted by Crippen LogP contribution is -2.26. The normalized spacial score (nSPS) is 24.0. The molecule has 2 bridgehead atoms. The Hall–Kier alpha value is -1.87. The quantitative estimate of drug-likeness (QED) is 0.326. The van der Waals surface area contributed by atoms with Gasteiger partial charge in [0.25, 0.3) is 10.1 Å². The molecule has 0 amide bonds. The highest BCUT2D eigenvalue weighted by Crippen LogP contribution is 2.48. The number of rotatable bonds is 7. The number of ether oxygens (including phenoxy) is 2. The molecule has 1 aromatic carbocycles. The molecule has 0 heterocycles. The summed E-state index contributed by atoms with van der Waals surface area (Å²) in [7, 11) is 1.48. The first-order chi connectivity index (χ1) is 12.8. The highest BCUT2D eigenvalue weighted by molar-refractivity contribution is 7.85. The Bertz CT molecular complexity index is 836. The van der Waals surface area contributed by atoms with Gasteiger partial charge in [-0.2, -0.15) is 8.42 Å². The van der Waals surface area contributed by atoms with Gasteiger partial charge < -0.3 is 9.47 Å². The minimum atomic E-state index is -4.21. The predicted molar refractivity (Wildman–Crippen MR) is 97.2 cm³/mol. The standard InChI is InChI=1S/C18H21BO7S/c19-10-14-4-3-13(17(20)25-5-6-27(22,23)24)9-16(14)26-18(21)15-8-11-1-2-12(15)7-11/h3-4,9,11-12,15H,1-2,5-8,10H2,(H,22,23,24). The van der Waals surface area contributed by atoms with Crippen LogP contribution in [0.25, 0.3) is 0 Å². The average Bonchev–Trinajstić information content (AvgIpc) is 3.23. The van der Waals surface area contributed by atoms with Crippen LogP contribution in [0.4, 0.5) is 0 Å². The molecule has 3 atom stereocenters. The van der Waals surface area contributed by atoms with E-state index in [1.54, 1.807) is 6.07 Å². The third kappa shape index (κ3) is 4.90. The van der Waals surface area contributed by atoms with Gasteiger partial charge >= 0.3 is 11.9 Å². The first-order valence-corrected chi connectivity index (χ1v) is 10.5. The van der Waals surface area contributed by atoms with E-state index in [2.05, 4.69) is 0 Å². The van der Waals surface area contributed by atoms with E-state index in [9.17, 15) is 18.0 Å². The van der Waals surface area contributed by atoms with Crippen LogP contribution in [0.15, 0.2) is 18.2 Å². The Morgan fingerprint density at radius 3 is 2.59 bits per heavy atom. The summed E-state index contributed by atoms with van der Waals surface area (Å²) in [4.78, 5) is 24.6. The summed E-state index contributed by atoms with van der Waals surface area (Å²) >= 11 is 0. The van der Waals surface area contributed by atoms with E-state index in [0.717, 1.165) is 19.3 Å². The largest absolute Gasteiger partial charge is 0.461 e. The second-order valence-corrected chi connectivity index (χ2v) is 8.72. The molecule has 2 aliphatic carbocycles. The Morgan fingerprint density at radius 2 is 2.00 bits per heavy atom. The smallest absolute Gasteiger partial charge is 0.338 e. The average molecular weight is 392 g/mol. The fourth-order valence-corrected chi connectivity index (χ4v) is 4.28. The number of carbonyl (C=O) groups excluding carboxylic acids is 2. The van der Waals surface area contributed by atoms with Gasteiger partial charge in [-0.1, -0.05) is 18.8 Å². The Morgan fingerprint density at radius 1 is 1.22 bits per heavy atom. The van der Waals surface area contributed by atoms with Gasteiger partial charge in [0.15, 0.2) is 0 Å². The minimum absolute atomic E-state index is 0.110. The number of hydrogen-bond donors (Lipinski definition) is 1. The van der Waals surface area contributed by atoms with Crippen LogP contribution in [0.1, 0.15) is 41.6 Å². The topological polar surface area (TPSA) is 107 Å². The predicted octanol–water partition coefficient (Wildman–Crippen LogP) is 1.74. The van der Waals surface area contributed by atoms with Crippen molar-refractivity contribution >= 4 is 29.9 Å². The van der Waals surface area contributed by atoms with E-state index in [0.29, 0.717) is 17.4 Å². The van der Waals surface area contributed by atoms with E-state index in [4.69, 9.17) is 21.9 Å². The van der Waals surface area contributed by atoms with Gasteiger partial charge in [-0.15, -0.1) is 0 Å². The third-order valence-corrected chi connectivity index (χ3v) is 6.03. The van der Waals surface area contributed by atoms with Gasteiger partial charge in [0.1, 0.15) is 18.1 Å². The molecule has 0 saturated heterocycles. The van der Waals surface area contributed by atoms with Gasteiger partial charge in [0.2, 0.25) is 0 Å². The maximum atomic E-state index is 12.6. The fraction of sp³-hybridized carbons (Fsp3) is 0.556. The number of benzene rings is 1. The summed E-state index contributed by atoms with van der Waals surface area (Å²) in [5.41, 5.74) is 0.694. The highest BCUT2D eigenvalue weighted by Gasteiger charge is 2.44. The molecule has 7 nitrogen and oxygen atoms in total. The monoisotopic (exact) mass is 392 g/mol. The molecule has 3 rings (SSSR count). The molecule has 9 heteroatoms. The van der Waals surface area contributed by atoms with E-state index >= 15 is 0 Å². The minimum Gasteiger partial charge on any atom is -0.461 e. The van der Waals surface area contributed by atoms with Crippen molar-refractivity contribution in [1.29, 1.82) is 0 Å². The van der Waals surface area contributed by atoms with Crippen LogP contribution in [0.3, 0.4) is 0 Å². The van der Waals surface area contributed by atoms with E-state index in [1.165, 1.54) is 18.6 Å². The Kier molecular flexibility index (Phi) is 5.91. The maximum absolute atomic E-state index is 12.6. The van der Waals surface area contributed by atoms with Gasteiger partial charge in [-0.05, 0) is 48.8 Å². The van der Waals surface area contributed by atoms with Crippen molar-refractivity contribution in [2.24, 2.45) is 17.8 Å². The molecule has 144 valence electrons. The summed E-state index contributed by atoms with van der Waals surface area (Å²) in [6.45, 7) is -0.476. The van der Waals surface area contributed by atoms with Gasteiger partial charge in [-0.3, -0.25) is 9.35 Å².